The molecule has 88 valence electrons. The quantitative estimate of drug-likeness (QED) is 0.879. The largest absolute Gasteiger partial charge is 0.487 e. The third-order valence-electron chi connectivity index (χ3n) is 3.12. The summed E-state index contributed by atoms with van der Waals surface area (Å²) in [6.45, 7) is 2.03. The van der Waals surface area contributed by atoms with Crippen molar-refractivity contribution in [3.05, 3.63) is 33.9 Å². The van der Waals surface area contributed by atoms with Gasteiger partial charge in [0, 0.05) is 27.5 Å². The molecule has 2 heterocycles. The van der Waals surface area contributed by atoms with E-state index in [9.17, 15) is 5.11 Å². The molecule has 0 bridgehead atoms. The molecule has 0 saturated heterocycles. The number of aliphatic hydroxyl groups is 1. The number of hydrogen-bond donors (Lipinski definition) is 1. The number of benzene rings is 1. The summed E-state index contributed by atoms with van der Waals surface area (Å²) >= 11 is 3.46. The van der Waals surface area contributed by atoms with E-state index in [0.29, 0.717) is 0 Å². The van der Waals surface area contributed by atoms with Gasteiger partial charge in [-0.1, -0.05) is 15.9 Å². The fraction of sp³-hybridized carbons (Fsp3) is 0.308. The number of pyridine rings is 1. The Hall–Kier alpha value is -1.13. The Bertz CT molecular complexity index is 597. The zero-order valence-corrected chi connectivity index (χ0v) is 11.0. The van der Waals surface area contributed by atoms with Crippen molar-refractivity contribution in [1.29, 1.82) is 0 Å². The maximum atomic E-state index is 9.20. The zero-order valence-electron chi connectivity index (χ0n) is 9.40. The van der Waals surface area contributed by atoms with Crippen LogP contribution in [0.15, 0.2) is 22.7 Å². The van der Waals surface area contributed by atoms with Crippen molar-refractivity contribution in [3.63, 3.8) is 0 Å². The van der Waals surface area contributed by atoms with Crippen LogP contribution in [-0.2, 0) is 6.42 Å². The Balaban J connectivity index is 2.28. The topological polar surface area (TPSA) is 42.4 Å². The van der Waals surface area contributed by atoms with Gasteiger partial charge in [-0.05, 0) is 25.1 Å². The van der Waals surface area contributed by atoms with Crippen LogP contribution in [0.25, 0.3) is 10.9 Å². The van der Waals surface area contributed by atoms with Crippen LogP contribution in [0.3, 0.4) is 0 Å². The number of aliphatic hydroxyl groups excluding tert-OH is 1. The van der Waals surface area contributed by atoms with Crippen molar-refractivity contribution in [2.24, 2.45) is 0 Å². The Morgan fingerprint density at radius 2 is 2.35 bits per heavy atom. The zero-order chi connectivity index (χ0) is 12.0. The molecule has 0 radical (unpaired) electrons. The molecule has 0 unspecified atom stereocenters. The Kier molecular flexibility index (Phi) is 2.56. The van der Waals surface area contributed by atoms with E-state index in [2.05, 4.69) is 20.9 Å². The van der Waals surface area contributed by atoms with Gasteiger partial charge in [0.15, 0.2) is 0 Å². The minimum absolute atomic E-state index is 0.0453. The summed E-state index contributed by atoms with van der Waals surface area (Å²) in [5.74, 6) is 0.882. The fourth-order valence-electron chi connectivity index (χ4n) is 2.28. The monoisotopic (exact) mass is 293 g/mol. The highest BCUT2D eigenvalue weighted by molar-refractivity contribution is 9.10. The van der Waals surface area contributed by atoms with Crippen LogP contribution in [0, 0.1) is 6.92 Å². The second kappa shape index (κ2) is 3.96. The van der Waals surface area contributed by atoms with Gasteiger partial charge in [-0.25, -0.2) is 0 Å². The molecule has 1 aliphatic heterocycles. The Morgan fingerprint density at radius 3 is 3.12 bits per heavy atom. The van der Waals surface area contributed by atoms with Crippen molar-refractivity contribution >= 4 is 26.8 Å². The van der Waals surface area contributed by atoms with Gasteiger partial charge >= 0.3 is 0 Å². The number of hydrogen-bond acceptors (Lipinski definition) is 3. The van der Waals surface area contributed by atoms with Gasteiger partial charge in [0.05, 0.1) is 12.1 Å². The molecule has 1 aromatic carbocycles. The highest BCUT2D eigenvalue weighted by Crippen LogP contribution is 2.38. The molecule has 0 saturated carbocycles. The van der Waals surface area contributed by atoms with Crippen LogP contribution in [0.4, 0.5) is 0 Å². The predicted octanol–water partition coefficient (Wildman–Crippen LogP) is 2.60. The van der Waals surface area contributed by atoms with Crippen molar-refractivity contribution in [1.82, 2.24) is 4.98 Å². The van der Waals surface area contributed by atoms with E-state index in [1.165, 1.54) is 0 Å². The molecule has 4 heteroatoms. The molecule has 1 N–H and O–H groups in total. The van der Waals surface area contributed by atoms with Gasteiger partial charge in [-0.3, -0.25) is 4.98 Å². The maximum absolute atomic E-state index is 9.20. The fourth-order valence-corrected chi connectivity index (χ4v) is 2.64. The summed E-state index contributed by atoms with van der Waals surface area (Å²) in [7, 11) is 0. The van der Waals surface area contributed by atoms with Crippen molar-refractivity contribution < 1.29 is 9.84 Å². The summed E-state index contributed by atoms with van der Waals surface area (Å²) in [6, 6.07) is 5.96. The first kappa shape index (κ1) is 11.0. The van der Waals surface area contributed by atoms with Crippen LogP contribution in [0.1, 0.15) is 11.3 Å². The Labute approximate surface area is 108 Å². The number of ether oxygens (including phenoxy) is 1. The molecule has 0 aliphatic carbocycles. The molecule has 0 spiro atoms. The van der Waals surface area contributed by atoms with E-state index in [4.69, 9.17) is 4.74 Å². The van der Waals surface area contributed by atoms with Crippen molar-refractivity contribution in [2.75, 3.05) is 6.61 Å². The van der Waals surface area contributed by atoms with E-state index in [-0.39, 0.29) is 12.7 Å². The molecular formula is C13H12BrNO2. The second-order valence-electron chi connectivity index (χ2n) is 4.29. The third kappa shape index (κ3) is 1.72. The normalized spacial score (nSPS) is 18.2. The number of rotatable bonds is 1. The van der Waals surface area contributed by atoms with Crippen molar-refractivity contribution in [3.8, 4) is 5.75 Å². The van der Waals surface area contributed by atoms with E-state index in [1.54, 1.807) is 0 Å². The molecule has 0 amide bonds. The third-order valence-corrected chi connectivity index (χ3v) is 3.62. The number of aromatic nitrogens is 1. The van der Waals surface area contributed by atoms with E-state index >= 15 is 0 Å². The van der Waals surface area contributed by atoms with Gasteiger partial charge in [0.25, 0.3) is 0 Å². The number of fused-ring (bicyclic) bond motifs is 3. The molecular weight excluding hydrogens is 282 g/mol. The predicted molar refractivity (Wildman–Crippen MR) is 69.4 cm³/mol. The van der Waals surface area contributed by atoms with Crippen LogP contribution in [0.5, 0.6) is 5.75 Å². The van der Waals surface area contributed by atoms with E-state index in [0.717, 1.165) is 38.8 Å². The molecule has 3 nitrogen and oxygen atoms in total. The lowest BCUT2D eigenvalue weighted by molar-refractivity contribution is 0.136. The van der Waals surface area contributed by atoms with Gasteiger partial charge in [0.1, 0.15) is 11.9 Å². The summed E-state index contributed by atoms with van der Waals surface area (Å²) in [4.78, 5) is 4.57. The first-order chi connectivity index (χ1) is 8.19. The van der Waals surface area contributed by atoms with Crippen molar-refractivity contribution in [2.45, 2.75) is 19.4 Å². The standard InChI is InChI=1S/C13H12BrNO2/c1-7-10-5-9(6-16)17-13(10)11-4-8(14)2-3-12(11)15-7/h2-4,9,16H,5-6H2,1H3/t9-/m0/s1. The number of aryl methyl sites for hydroxylation is 1. The average Bonchev–Trinajstić information content (AvgIpc) is 2.75. The van der Waals surface area contributed by atoms with Gasteiger partial charge in [0.2, 0.25) is 0 Å². The van der Waals surface area contributed by atoms with E-state index in [1.807, 2.05) is 25.1 Å². The first-order valence-corrected chi connectivity index (χ1v) is 6.34. The highest BCUT2D eigenvalue weighted by Gasteiger charge is 2.26. The maximum Gasteiger partial charge on any atom is 0.134 e. The molecule has 1 aromatic heterocycles. The lowest BCUT2D eigenvalue weighted by Gasteiger charge is -2.09. The molecule has 2 aromatic rings. The lowest BCUT2D eigenvalue weighted by Crippen LogP contribution is -2.17. The lowest BCUT2D eigenvalue weighted by atomic mass is 10.1. The molecule has 0 fully saturated rings. The first-order valence-electron chi connectivity index (χ1n) is 5.55. The Morgan fingerprint density at radius 1 is 1.53 bits per heavy atom. The van der Waals surface area contributed by atoms with Crippen LogP contribution in [0.2, 0.25) is 0 Å². The SMILES string of the molecule is Cc1nc2ccc(Br)cc2c2c1C[C@@H](CO)O2. The number of halogens is 1. The highest BCUT2D eigenvalue weighted by atomic mass is 79.9. The summed E-state index contributed by atoms with van der Waals surface area (Å²) in [5, 5.41) is 10.2. The summed E-state index contributed by atoms with van der Waals surface area (Å²) in [6.07, 6.45) is 0.614. The minimum Gasteiger partial charge on any atom is -0.487 e. The van der Waals surface area contributed by atoms with E-state index < -0.39 is 0 Å². The minimum atomic E-state index is -0.130. The smallest absolute Gasteiger partial charge is 0.134 e. The van der Waals surface area contributed by atoms with Crippen LogP contribution >= 0.6 is 15.9 Å². The van der Waals surface area contributed by atoms with Gasteiger partial charge < -0.3 is 9.84 Å². The summed E-state index contributed by atoms with van der Waals surface area (Å²) < 4.78 is 6.80. The van der Waals surface area contributed by atoms with Gasteiger partial charge in [-0.2, -0.15) is 0 Å². The average molecular weight is 294 g/mol. The number of nitrogens with zero attached hydrogens (tertiary/aromatic N) is 1. The molecule has 1 aliphatic rings. The molecule has 17 heavy (non-hydrogen) atoms. The van der Waals surface area contributed by atoms with Crippen LogP contribution in [-0.4, -0.2) is 22.8 Å². The summed E-state index contributed by atoms with van der Waals surface area (Å²) in [5.41, 5.74) is 3.04. The van der Waals surface area contributed by atoms with Crippen LogP contribution < -0.4 is 4.74 Å². The molecule has 1 atom stereocenters. The molecule has 3 rings (SSSR count). The van der Waals surface area contributed by atoms with Gasteiger partial charge in [-0.15, -0.1) is 0 Å². The second-order valence-corrected chi connectivity index (χ2v) is 5.21.